The molecule has 0 aliphatic carbocycles. The molecule has 3 aliphatic rings. The van der Waals surface area contributed by atoms with Crippen LogP contribution in [0, 0.1) is 18.3 Å². The summed E-state index contributed by atoms with van der Waals surface area (Å²) in [5.41, 5.74) is 0.410. The third-order valence-electron chi connectivity index (χ3n) is 6.13. The van der Waals surface area contributed by atoms with Gasteiger partial charge < -0.3 is 23.7 Å². The van der Waals surface area contributed by atoms with Gasteiger partial charge in [-0.25, -0.2) is 0 Å². The quantitative estimate of drug-likeness (QED) is 0.793. The van der Waals surface area contributed by atoms with Crippen molar-refractivity contribution in [3.63, 3.8) is 0 Å². The van der Waals surface area contributed by atoms with Crippen LogP contribution in [0.4, 0.5) is 0 Å². The van der Waals surface area contributed by atoms with Crippen molar-refractivity contribution in [3.8, 4) is 0 Å². The van der Waals surface area contributed by atoms with Gasteiger partial charge in [0.1, 0.15) is 5.76 Å². The van der Waals surface area contributed by atoms with E-state index in [1.807, 2.05) is 9.80 Å². The Morgan fingerprint density at radius 1 is 1.08 bits per heavy atom. The number of nitrogens with zero attached hydrogens (tertiary/aromatic N) is 2. The van der Waals surface area contributed by atoms with Crippen molar-refractivity contribution in [3.05, 3.63) is 23.7 Å². The second-order valence-electron chi connectivity index (χ2n) is 7.54. The van der Waals surface area contributed by atoms with Crippen LogP contribution >= 0.6 is 0 Å². The van der Waals surface area contributed by atoms with Crippen LogP contribution in [0.2, 0.25) is 0 Å². The Kier molecular flexibility index (Phi) is 4.75. The normalized spacial score (nSPS) is 25.7. The van der Waals surface area contributed by atoms with E-state index in [1.54, 1.807) is 19.3 Å². The first-order valence-electron chi connectivity index (χ1n) is 9.38. The highest BCUT2D eigenvalue weighted by molar-refractivity contribution is 5.96. The molecule has 1 aromatic rings. The van der Waals surface area contributed by atoms with Crippen LogP contribution in [-0.2, 0) is 14.3 Å². The van der Waals surface area contributed by atoms with Crippen molar-refractivity contribution in [2.24, 2.45) is 11.3 Å². The molecule has 7 nitrogen and oxygen atoms in total. The third-order valence-corrected chi connectivity index (χ3v) is 6.13. The van der Waals surface area contributed by atoms with Gasteiger partial charge in [0.15, 0.2) is 0 Å². The monoisotopic (exact) mass is 362 g/mol. The van der Waals surface area contributed by atoms with Crippen LogP contribution < -0.4 is 0 Å². The van der Waals surface area contributed by atoms with E-state index in [1.165, 1.54) is 0 Å². The minimum absolute atomic E-state index is 0.0422. The van der Waals surface area contributed by atoms with Gasteiger partial charge in [-0.2, -0.15) is 0 Å². The summed E-state index contributed by atoms with van der Waals surface area (Å²) < 4.78 is 16.2. The number of hydrogen-bond donors (Lipinski definition) is 0. The number of amides is 2. The van der Waals surface area contributed by atoms with Gasteiger partial charge in [-0.15, -0.1) is 0 Å². The lowest BCUT2D eigenvalue weighted by Crippen LogP contribution is -2.49. The summed E-state index contributed by atoms with van der Waals surface area (Å²) in [5, 5.41) is 0. The van der Waals surface area contributed by atoms with Gasteiger partial charge in [0.25, 0.3) is 5.91 Å². The largest absolute Gasteiger partial charge is 0.469 e. The Hall–Kier alpha value is -1.86. The molecule has 3 fully saturated rings. The summed E-state index contributed by atoms with van der Waals surface area (Å²) in [5.74, 6) is 0.577. The molecule has 4 heterocycles. The summed E-state index contributed by atoms with van der Waals surface area (Å²) in [6, 6.07) is 1.71. The summed E-state index contributed by atoms with van der Waals surface area (Å²) in [7, 11) is 0. The molecule has 0 aromatic carbocycles. The number of aryl methyl sites for hydroxylation is 1. The fourth-order valence-electron chi connectivity index (χ4n) is 4.53. The van der Waals surface area contributed by atoms with E-state index < -0.39 is 0 Å². The molecular formula is C19H26N2O5. The molecule has 4 rings (SSSR count). The zero-order valence-electron chi connectivity index (χ0n) is 15.2. The molecule has 142 valence electrons. The smallest absolute Gasteiger partial charge is 0.257 e. The van der Waals surface area contributed by atoms with Crippen molar-refractivity contribution in [2.45, 2.75) is 19.8 Å². The first-order chi connectivity index (χ1) is 12.6. The number of likely N-dealkylation sites (tertiary alicyclic amines) is 1. The first-order valence-corrected chi connectivity index (χ1v) is 9.38. The molecule has 0 unspecified atom stereocenters. The fraction of sp³-hybridized carbons (Fsp3) is 0.684. The number of morpholine rings is 1. The molecule has 1 spiro atoms. The number of ether oxygens (including phenoxy) is 2. The molecule has 26 heavy (non-hydrogen) atoms. The maximum absolute atomic E-state index is 13.3. The average molecular weight is 362 g/mol. The molecule has 7 heteroatoms. The van der Waals surface area contributed by atoms with E-state index in [0.29, 0.717) is 63.9 Å². The second kappa shape index (κ2) is 7.04. The highest BCUT2D eigenvalue weighted by Crippen LogP contribution is 2.45. The lowest BCUT2D eigenvalue weighted by Gasteiger charge is -2.39. The fourth-order valence-corrected chi connectivity index (χ4v) is 4.53. The standard InChI is InChI=1S/C19H26N2O5/c1-14-15(2-7-26-14)17(22)21-12-16(18(23)20-5-10-25-11-6-20)19(13-21)3-8-24-9-4-19/h2,7,16H,3-6,8-13H2,1H3/t16-/m1/s1. The Labute approximate surface area is 153 Å². The minimum atomic E-state index is -0.180. The van der Waals surface area contributed by atoms with Crippen LogP contribution in [0.15, 0.2) is 16.7 Å². The first kappa shape index (κ1) is 17.5. The van der Waals surface area contributed by atoms with Gasteiger partial charge in [-0.3, -0.25) is 9.59 Å². The van der Waals surface area contributed by atoms with Crippen molar-refractivity contribution < 1.29 is 23.5 Å². The Morgan fingerprint density at radius 2 is 1.77 bits per heavy atom. The molecule has 0 N–H and O–H groups in total. The predicted molar refractivity (Wildman–Crippen MR) is 92.7 cm³/mol. The lowest BCUT2D eigenvalue weighted by molar-refractivity contribution is -0.144. The number of hydrogen-bond acceptors (Lipinski definition) is 5. The molecule has 2 amide bonds. The molecule has 3 saturated heterocycles. The Morgan fingerprint density at radius 3 is 2.42 bits per heavy atom. The van der Waals surface area contributed by atoms with E-state index in [2.05, 4.69) is 0 Å². The van der Waals surface area contributed by atoms with E-state index in [4.69, 9.17) is 13.9 Å². The lowest BCUT2D eigenvalue weighted by atomic mass is 9.71. The van der Waals surface area contributed by atoms with Crippen LogP contribution in [0.5, 0.6) is 0 Å². The van der Waals surface area contributed by atoms with Gasteiger partial charge in [0.2, 0.25) is 5.91 Å². The molecule has 3 aliphatic heterocycles. The van der Waals surface area contributed by atoms with Crippen molar-refractivity contribution in [1.82, 2.24) is 9.80 Å². The highest BCUT2D eigenvalue weighted by atomic mass is 16.5. The van der Waals surface area contributed by atoms with Gasteiger partial charge in [-0.1, -0.05) is 0 Å². The maximum atomic E-state index is 13.3. The topological polar surface area (TPSA) is 72.2 Å². The Bertz CT molecular complexity index is 673. The summed E-state index contributed by atoms with van der Waals surface area (Å²) >= 11 is 0. The van der Waals surface area contributed by atoms with Crippen LogP contribution in [0.25, 0.3) is 0 Å². The predicted octanol–water partition coefficient (Wildman–Crippen LogP) is 1.32. The third kappa shape index (κ3) is 3.03. The van der Waals surface area contributed by atoms with Gasteiger partial charge in [0, 0.05) is 44.8 Å². The number of furan rings is 1. The van der Waals surface area contributed by atoms with Crippen LogP contribution in [-0.4, -0.2) is 74.2 Å². The van der Waals surface area contributed by atoms with E-state index in [9.17, 15) is 9.59 Å². The molecule has 0 radical (unpaired) electrons. The zero-order chi connectivity index (χ0) is 18.1. The van der Waals surface area contributed by atoms with Crippen molar-refractivity contribution >= 4 is 11.8 Å². The van der Waals surface area contributed by atoms with Crippen molar-refractivity contribution in [1.29, 1.82) is 0 Å². The SMILES string of the molecule is Cc1occc1C(=O)N1C[C@H](C(=O)N2CCOCC2)C2(CCOCC2)C1. The van der Waals surface area contributed by atoms with Crippen molar-refractivity contribution in [2.75, 3.05) is 52.6 Å². The average Bonchev–Trinajstić information content (AvgIpc) is 3.26. The molecule has 1 aromatic heterocycles. The van der Waals surface area contributed by atoms with Crippen LogP contribution in [0.1, 0.15) is 29.0 Å². The molecule has 0 saturated carbocycles. The van der Waals surface area contributed by atoms with Gasteiger partial charge >= 0.3 is 0 Å². The van der Waals surface area contributed by atoms with Crippen LogP contribution in [0.3, 0.4) is 0 Å². The molecular weight excluding hydrogens is 336 g/mol. The highest BCUT2D eigenvalue weighted by Gasteiger charge is 2.53. The summed E-state index contributed by atoms with van der Waals surface area (Å²) in [6.45, 7) is 6.63. The minimum Gasteiger partial charge on any atom is -0.469 e. The van der Waals surface area contributed by atoms with E-state index in [0.717, 1.165) is 12.8 Å². The number of carbonyl (C=O) groups excluding carboxylic acids is 2. The number of carbonyl (C=O) groups is 2. The zero-order valence-corrected chi connectivity index (χ0v) is 15.2. The summed E-state index contributed by atoms with van der Waals surface area (Å²) in [4.78, 5) is 30.0. The Balaban J connectivity index is 1.57. The number of rotatable bonds is 2. The molecule has 1 atom stereocenters. The maximum Gasteiger partial charge on any atom is 0.257 e. The van der Waals surface area contributed by atoms with E-state index >= 15 is 0 Å². The molecule has 0 bridgehead atoms. The van der Waals surface area contributed by atoms with Gasteiger partial charge in [0.05, 0.1) is 31.0 Å². The summed E-state index contributed by atoms with van der Waals surface area (Å²) in [6.07, 6.45) is 3.18. The second-order valence-corrected chi connectivity index (χ2v) is 7.54. The van der Waals surface area contributed by atoms with E-state index in [-0.39, 0.29) is 23.1 Å². The van der Waals surface area contributed by atoms with Gasteiger partial charge in [-0.05, 0) is 25.8 Å².